The summed E-state index contributed by atoms with van der Waals surface area (Å²) in [4.78, 5) is 12.0. The molecule has 0 aliphatic rings. The fourth-order valence-corrected chi connectivity index (χ4v) is 1.92. The SMILES string of the molecule is Cc1cc(F)ccc1NC(=O)c1ccc(I)cc1. The van der Waals surface area contributed by atoms with E-state index in [9.17, 15) is 9.18 Å². The van der Waals surface area contributed by atoms with Gasteiger partial charge in [0.05, 0.1) is 0 Å². The first kappa shape index (κ1) is 13.0. The molecule has 92 valence electrons. The highest BCUT2D eigenvalue weighted by Gasteiger charge is 2.07. The summed E-state index contributed by atoms with van der Waals surface area (Å²) in [6.07, 6.45) is 0. The van der Waals surface area contributed by atoms with Crippen molar-refractivity contribution >= 4 is 34.2 Å². The van der Waals surface area contributed by atoms with Gasteiger partial charge in [0.25, 0.3) is 5.91 Å². The van der Waals surface area contributed by atoms with Crippen LogP contribution in [0, 0.1) is 16.3 Å². The van der Waals surface area contributed by atoms with Gasteiger partial charge >= 0.3 is 0 Å². The molecule has 0 spiro atoms. The molecular weight excluding hydrogens is 344 g/mol. The number of hydrogen-bond donors (Lipinski definition) is 1. The lowest BCUT2D eigenvalue weighted by Gasteiger charge is -2.08. The quantitative estimate of drug-likeness (QED) is 0.811. The smallest absolute Gasteiger partial charge is 0.255 e. The Morgan fingerprint density at radius 3 is 2.44 bits per heavy atom. The highest BCUT2D eigenvalue weighted by atomic mass is 127. The van der Waals surface area contributed by atoms with Crippen LogP contribution in [0.25, 0.3) is 0 Å². The largest absolute Gasteiger partial charge is 0.322 e. The van der Waals surface area contributed by atoms with Crippen molar-refractivity contribution in [1.29, 1.82) is 0 Å². The Bertz CT molecular complexity index is 581. The van der Waals surface area contributed by atoms with Crippen molar-refractivity contribution in [2.75, 3.05) is 5.32 Å². The maximum Gasteiger partial charge on any atom is 0.255 e. The number of benzene rings is 2. The molecule has 0 fully saturated rings. The lowest BCUT2D eigenvalue weighted by Crippen LogP contribution is -2.12. The van der Waals surface area contributed by atoms with Gasteiger partial charge in [-0.3, -0.25) is 4.79 Å². The van der Waals surface area contributed by atoms with E-state index in [0.717, 1.165) is 3.57 Å². The van der Waals surface area contributed by atoms with Crippen molar-refractivity contribution in [3.63, 3.8) is 0 Å². The van der Waals surface area contributed by atoms with Crippen molar-refractivity contribution in [3.05, 3.63) is 63.0 Å². The molecule has 1 N–H and O–H groups in total. The molecule has 0 aliphatic carbocycles. The zero-order valence-electron chi connectivity index (χ0n) is 9.71. The van der Waals surface area contributed by atoms with E-state index >= 15 is 0 Å². The van der Waals surface area contributed by atoms with Crippen LogP contribution in [-0.2, 0) is 0 Å². The number of anilines is 1. The summed E-state index contributed by atoms with van der Waals surface area (Å²) in [5.41, 5.74) is 1.91. The molecule has 0 aromatic heterocycles. The summed E-state index contributed by atoms with van der Waals surface area (Å²) in [6.45, 7) is 1.76. The van der Waals surface area contributed by atoms with E-state index in [2.05, 4.69) is 27.9 Å². The number of halogens is 2. The molecule has 0 heterocycles. The number of nitrogens with one attached hydrogen (secondary N) is 1. The van der Waals surface area contributed by atoms with Crippen LogP contribution in [-0.4, -0.2) is 5.91 Å². The van der Waals surface area contributed by atoms with E-state index in [1.54, 1.807) is 25.1 Å². The fraction of sp³-hybridized carbons (Fsp3) is 0.0714. The molecule has 18 heavy (non-hydrogen) atoms. The fourth-order valence-electron chi connectivity index (χ4n) is 1.56. The van der Waals surface area contributed by atoms with Crippen LogP contribution in [0.3, 0.4) is 0 Å². The Labute approximate surface area is 118 Å². The first-order chi connectivity index (χ1) is 8.56. The third-order valence-electron chi connectivity index (χ3n) is 2.54. The second-order valence-corrected chi connectivity index (χ2v) is 5.17. The lowest BCUT2D eigenvalue weighted by molar-refractivity contribution is 0.102. The summed E-state index contributed by atoms with van der Waals surface area (Å²) in [5.74, 6) is -0.499. The van der Waals surface area contributed by atoms with Crippen molar-refractivity contribution in [3.8, 4) is 0 Å². The Balaban J connectivity index is 2.18. The average Bonchev–Trinajstić information content (AvgIpc) is 2.33. The third kappa shape index (κ3) is 3.07. The molecular formula is C14H11FINO. The second kappa shape index (κ2) is 5.48. The van der Waals surface area contributed by atoms with Gasteiger partial charge in [0, 0.05) is 14.8 Å². The number of rotatable bonds is 2. The Morgan fingerprint density at radius 2 is 1.83 bits per heavy atom. The minimum absolute atomic E-state index is 0.193. The summed E-state index contributed by atoms with van der Waals surface area (Å²) in [7, 11) is 0. The predicted molar refractivity (Wildman–Crippen MR) is 78.2 cm³/mol. The zero-order chi connectivity index (χ0) is 13.1. The van der Waals surface area contributed by atoms with Crippen molar-refractivity contribution < 1.29 is 9.18 Å². The molecule has 0 saturated carbocycles. The van der Waals surface area contributed by atoms with Gasteiger partial charge < -0.3 is 5.32 Å². The monoisotopic (exact) mass is 355 g/mol. The highest BCUT2D eigenvalue weighted by Crippen LogP contribution is 2.17. The first-order valence-electron chi connectivity index (χ1n) is 5.39. The topological polar surface area (TPSA) is 29.1 Å². The third-order valence-corrected chi connectivity index (χ3v) is 3.26. The van der Waals surface area contributed by atoms with Gasteiger partial charge in [-0.25, -0.2) is 4.39 Å². The highest BCUT2D eigenvalue weighted by molar-refractivity contribution is 14.1. The number of amides is 1. The molecule has 0 saturated heterocycles. The first-order valence-corrected chi connectivity index (χ1v) is 6.47. The minimum Gasteiger partial charge on any atom is -0.322 e. The number of aryl methyl sites for hydroxylation is 1. The lowest BCUT2D eigenvalue weighted by atomic mass is 10.1. The van der Waals surface area contributed by atoms with Crippen molar-refractivity contribution in [2.45, 2.75) is 6.92 Å². The van der Waals surface area contributed by atoms with E-state index in [-0.39, 0.29) is 11.7 Å². The van der Waals surface area contributed by atoms with Crippen LogP contribution in [0.5, 0.6) is 0 Å². The summed E-state index contributed by atoms with van der Waals surface area (Å²) >= 11 is 2.18. The van der Waals surface area contributed by atoms with Crippen LogP contribution >= 0.6 is 22.6 Å². The Morgan fingerprint density at radius 1 is 1.17 bits per heavy atom. The minimum atomic E-state index is -0.306. The standard InChI is InChI=1S/C14H11FINO/c1-9-8-11(15)4-7-13(9)17-14(18)10-2-5-12(16)6-3-10/h2-8H,1H3,(H,17,18). The Kier molecular flexibility index (Phi) is 3.96. The average molecular weight is 355 g/mol. The summed E-state index contributed by atoms with van der Waals surface area (Å²) in [5, 5.41) is 2.77. The molecule has 0 atom stereocenters. The van der Waals surface area contributed by atoms with Crippen molar-refractivity contribution in [2.24, 2.45) is 0 Å². The number of hydrogen-bond acceptors (Lipinski definition) is 1. The van der Waals surface area contributed by atoms with Gasteiger partial charge in [0.1, 0.15) is 5.82 Å². The molecule has 1 amide bonds. The summed E-state index contributed by atoms with van der Waals surface area (Å²) < 4.78 is 14.0. The maximum absolute atomic E-state index is 12.9. The molecule has 2 aromatic rings. The van der Waals surface area contributed by atoms with E-state index in [1.165, 1.54) is 12.1 Å². The van der Waals surface area contributed by atoms with Gasteiger partial charge in [-0.2, -0.15) is 0 Å². The van der Waals surface area contributed by atoms with Gasteiger partial charge in [0.15, 0.2) is 0 Å². The van der Waals surface area contributed by atoms with Gasteiger partial charge in [-0.05, 0) is 77.5 Å². The van der Waals surface area contributed by atoms with Gasteiger partial charge in [-0.15, -0.1) is 0 Å². The molecule has 0 aliphatic heterocycles. The van der Waals surface area contributed by atoms with Crippen LogP contribution in [0.4, 0.5) is 10.1 Å². The normalized spacial score (nSPS) is 10.2. The molecule has 2 nitrogen and oxygen atoms in total. The predicted octanol–water partition coefficient (Wildman–Crippen LogP) is 3.99. The van der Waals surface area contributed by atoms with Crippen LogP contribution in [0.15, 0.2) is 42.5 Å². The van der Waals surface area contributed by atoms with Gasteiger partial charge in [-0.1, -0.05) is 0 Å². The Hall–Kier alpha value is -1.43. The molecule has 0 bridgehead atoms. The molecule has 2 aromatic carbocycles. The molecule has 0 unspecified atom stereocenters. The van der Waals surface area contributed by atoms with Crippen LogP contribution < -0.4 is 5.32 Å². The molecule has 2 rings (SSSR count). The van der Waals surface area contributed by atoms with Crippen LogP contribution in [0.1, 0.15) is 15.9 Å². The zero-order valence-corrected chi connectivity index (χ0v) is 11.9. The van der Waals surface area contributed by atoms with E-state index in [4.69, 9.17) is 0 Å². The second-order valence-electron chi connectivity index (χ2n) is 3.92. The number of carbonyl (C=O) groups is 1. The maximum atomic E-state index is 12.9. The molecule has 4 heteroatoms. The van der Waals surface area contributed by atoms with E-state index in [0.29, 0.717) is 16.8 Å². The van der Waals surface area contributed by atoms with Gasteiger partial charge in [0.2, 0.25) is 0 Å². The van der Waals surface area contributed by atoms with Crippen LogP contribution in [0.2, 0.25) is 0 Å². The number of carbonyl (C=O) groups excluding carboxylic acids is 1. The van der Waals surface area contributed by atoms with Crippen molar-refractivity contribution in [1.82, 2.24) is 0 Å². The van der Waals surface area contributed by atoms with E-state index in [1.807, 2.05) is 12.1 Å². The summed E-state index contributed by atoms with van der Waals surface area (Å²) in [6, 6.07) is 11.5. The van der Waals surface area contributed by atoms with E-state index < -0.39 is 0 Å². The molecule has 0 radical (unpaired) electrons.